The van der Waals surface area contributed by atoms with Crippen LogP contribution in [0.1, 0.15) is 36.6 Å². The lowest BCUT2D eigenvalue weighted by Crippen LogP contribution is -2.32. The number of cyclic esters (lactones) is 1. The quantitative estimate of drug-likeness (QED) is 0.266. The lowest BCUT2D eigenvalue weighted by molar-refractivity contribution is -0.157. The highest BCUT2D eigenvalue weighted by atomic mass is 16.5. The summed E-state index contributed by atoms with van der Waals surface area (Å²) >= 11 is 0. The first-order valence-corrected chi connectivity index (χ1v) is 10.7. The number of benzene rings is 1. The van der Waals surface area contributed by atoms with Crippen LogP contribution in [0.2, 0.25) is 0 Å². The van der Waals surface area contributed by atoms with E-state index >= 15 is 0 Å². The van der Waals surface area contributed by atoms with Gasteiger partial charge in [-0.05, 0) is 30.3 Å². The van der Waals surface area contributed by atoms with Crippen molar-refractivity contribution in [1.29, 1.82) is 0 Å². The summed E-state index contributed by atoms with van der Waals surface area (Å²) in [5, 5.41) is 18.0. The van der Waals surface area contributed by atoms with Gasteiger partial charge in [-0.1, -0.05) is 20.4 Å². The molecule has 0 amide bonds. The van der Waals surface area contributed by atoms with E-state index in [1.165, 1.54) is 0 Å². The van der Waals surface area contributed by atoms with Gasteiger partial charge in [-0.3, -0.25) is 9.59 Å². The van der Waals surface area contributed by atoms with Gasteiger partial charge in [-0.2, -0.15) is 0 Å². The van der Waals surface area contributed by atoms with Crippen LogP contribution in [0, 0.1) is 0 Å². The van der Waals surface area contributed by atoms with Crippen molar-refractivity contribution in [2.45, 2.75) is 33.1 Å². The summed E-state index contributed by atoms with van der Waals surface area (Å²) in [5.74, 6) is -0.185. The molecular weight excluding hydrogens is 440 g/mol. The predicted octanol–water partition coefficient (Wildman–Crippen LogP) is 2.28. The summed E-state index contributed by atoms with van der Waals surface area (Å²) in [7, 11) is 1.00. The number of rotatable bonds is 4. The van der Waals surface area contributed by atoms with E-state index in [9.17, 15) is 19.5 Å². The third-order valence-corrected chi connectivity index (χ3v) is 5.34. The number of carbonyl (C=O) groups is 2. The van der Waals surface area contributed by atoms with Crippen LogP contribution in [0.3, 0.4) is 0 Å². The van der Waals surface area contributed by atoms with E-state index in [1.807, 2.05) is 26.0 Å². The van der Waals surface area contributed by atoms with Gasteiger partial charge < -0.3 is 24.3 Å². The van der Waals surface area contributed by atoms with Crippen molar-refractivity contribution in [3.05, 3.63) is 69.5 Å². The summed E-state index contributed by atoms with van der Waals surface area (Å²) in [6, 6.07) is 8.93. The lowest BCUT2D eigenvalue weighted by Gasteiger charge is -2.21. The average Bonchev–Trinajstić information content (AvgIpc) is 3.23. The predicted molar refractivity (Wildman–Crippen MR) is 125 cm³/mol. The zero-order valence-corrected chi connectivity index (χ0v) is 19.2. The van der Waals surface area contributed by atoms with Gasteiger partial charge in [0.15, 0.2) is 6.10 Å². The molecule has 3 aromatic rings. The molecule has 4 heterocycles. The highest BCUT2D eigenvalue weighted by Gasteiger charge is 2.33. The molecule has 0 bridgehead atoms. The molecule has 9 heteroatoms. The fraction of sp³-hybridized carbons (Fsp3) is 0.280. The number of aliphatic hydroxyl groups excluding tert-OH is 2. The third kappa shape index (κ3) is 4.35. The highest BCUT2D eigenvalue weighted by Crippen LogP contribution is 2.35. The van der Waals surface area contributed by atoms with E-state index < -0.39 is 12.1 Å². The smallest absolute Gasteiger partial charge is 0.340 e. The van der Waals surface area contributed by atoms with E-state index in [-0.39, 0.29) is 29.9 Å². The Labute approximate surface area is 195 Å². The molecule has 0 radical (unpaired) electrons. The van der Waals surface area contributed by atoms with Crippen molar-refractivity contribution in [2.24, 2.45) is 0 Å². The van der Waals surface area contributed by atoms with E-state index in [4.69, 9.17) is 19.6 Å². The molecule has 0 aliphatic carbocycles. The molecule has 5 rings (SSSR count). The topological polar surface area (TPSA) is 128 Å². The Hall–Kier alpha value is -3.82. The number of aldehydes is 1. The molecule has 1 atom stereocenters. The maximum absolute atomic E-state index is 12.9. The number of carbonyl (C=O) groups excluding carboxylic acids is 2. The second-order valence-electron chi connectivity index (χ2n) is 7.28. The normalized spacial score (nSPS) is 14.9. The van der Waals surface area contributed by atoms with E-state index in [2.05, 4.69) is 6.58 Å². The maximum Gasteiger partial charge on any atom is 0.340 e. The van der Waals surface area contributed by atoms with Crippen molar-refractivity contribution < 1.29 is 29.3 Å². The minimum Gasteiger partial charge on any atom is -0.489 e. The standard InChI is InChI=1S/C22H16N2O6.C2H6.CH4O/c1-11(8-25)9-29-14-2-3-17-12(5-14)4-13-7-24-18(19(13)23-17)6-15-16(21(24)27)10-30-22(28)20(15)26;2*1-2/h2-6,8,20,26H,1,7,9-10H2;1-2H3;2H,1H3. The molecule has 178 valence electrons. The number of hydrogen-bond donors (Lipinski definition) is 2. The molecule has 1 aromatic carbocycles. The number of ether oxygens (including phenoxy) is 2. The van der Waals surface area contributed by atoms with Crippen molar-refractivity contribution in [3.63, 3.8) is 0 Å². The summed E-state index contributed by atoms with van der Waals surface area (Å²) in [6.45, 7) is 7.87. The van der Waals surface area contributed by atoms with Gasteiger partial charge in [0.25, 0.3) is 5.56 Å². The maximum atomic E-state index is 12.9. The fourth-order valence-electron chi connectivity index (χ4n) is 3.81. The zero-order chi connectivity index (χ0) is 25.0. The number of esters is 1. The van der Waals surface area contributed by atoms with E-state index in [0.717, 1.165) is 18.1 Å². The third-order valence-electron chi connectivity index (χ3n) is 5.34. The second-order valence-corrected chi connectivity index (χ2v) is 7.28. The van der Waals surface area contributed by atoms with Crippen molar-refractivity contribution in [3.8, 4) is 17.1 Å². The first kappa shape index (κ1) is 24.8. The highest BCUT2D eigenvalue weighted by molar-refractivity contribution is 5.86. The molecule has 2 aliphatic rings. The fourth-order valence-corrected chi connectivity index (χ4v) is 3.81. The Morgan fingerprint density at radius 3 is 2.71 bits per heavy atom. The minimum absolute atomic E-state index is 0.100. The lowest BCUT2D eigenvalue weighted by atomic mass is 10.0. The Balaban J connectivity index is 0.000000771. The van der Waals surface area contributed by atoms with Crippen molar-refractivity contribution >= 4 is 23.2 Å². The second kappa shape index (κ2) is 10.4. The molecule has 1 unspecified atom stereocenters. The van der Waals surface area contributed by atoms with Gasteiger partial charge in [-0.25, -0.2) is 9.78 Å². The zero-order valence-electron chi connectivity index (χ0n) is 19.2. The van der Waals surface area contributed by atoms with Crippen LogP contribution in [-0.4, -0.2) is 45.7 Å². The Morgan fingerprint density at radius 2 is 2.00 bits per heavy atom. The molecule has 0 saturated heterocycles. The average molecular weight is 466 g/mol. The van der Waals surface area contributed by atoms with Crippen LogP contribution in [0.5, 0.6) is 5.75 Å². The van der Waals surface area contributed by atoms with Gasteiger partial charge in [0.1, 0.15) is 25.2 Å². The van der Waals surface area contributed by atoms with Crippen LogP contribution >= 0.6 is 0 Å². The summed E-state index contributed by atoms with van der Waals surface area (Å²) < 4.78 is 12.0. The molecule has 2 N–H and O–H groups in total. The molecule has 0 fully saturated rings. The monoisotopic (exact) mass is 466 g/mol. The van der Waals surface area contributed by atoms with Crippen LogP contribution in [0.25, 0.3) is 22.3 Å². The number of pyridine rings is 2. The summed E-state index contributed by atoms with van der Waals surface area (Å²) in [4.78, 5) is 40.0. The molecule has 9 nitrogen and oxygen atoms in total. The number of aromatic nitrogens is 2. The van der Waals surface area contributed by atoms with Crippen LogP contribution in [0.15, 0.2) is 47.3 Å². The molecule has 0 saturated carbocycles. The molecular formula is C25H26N2O7. The number of aliphatic hydroxyl groups is 2. The van der Waals surface area contributed by atoms with Crippen LogP contribution in [-0.2, 0) is 27.5 Å². The largest absolute Gasteiger partial charge is 0.489 e. The van der Waals surface area contributed by atoms with Gasteiger partial charge in [-0.15, -0.1) is 0 Å². The summed E-state index contributed by atoms with van der Waals surface area (Å²) in [6.07, 6.45) is -0.822. The number of hydrogen-bond acceptors (Lipinski definition) is 8. The van der Waals surface area contributed by atoms with E-state index in [1.54, 1.807) is 22.8 Å². The van der Waals surface area contributed by atoms with Crippen molar-refractivity contribution in [1.82, 2.24) is 9.55 Å². The molecule has 0 spiro atoms. The molecule has 2 aromatic heterocycles. The Morgan fingerprint density at radius 1 is 1.26 bits per heavy atom. The van der Waals surface area contributed by atoms with Gasteiger partial charge in [0.05, 0.1) is 29.0 Å². The minimum atomic E-state index is -1.47. The number of fused-ring (bicyclic) bond motifs is 5. The van der Waals surface area contributed by atoms with Crippen LogP contribution < -0.4 is 10.3 Å². The van der Waals surface area contributed by atoms with E-state index in [0.29, 0.717) is 41.1 Å². The molecule has 2 aliphatic heterocycles. The first-order chi connectivity index (χ1) is 16.5. The van der Waals surface area contributed by atoms with Gasteiger partial charge in [0.2, 0.25) is 0 Å². The van der Waals surface area contributed by atoms with Gasteiger partial charge >= 0.3 is 5.97 Å². The van der Waals surface area contributed by atoms with Gasteiger partial charge in [0, 0.05) is 29.2 Å². The first-order valence-electron chi connectivity index (χ1n) is 10.7. The number of nitrogens with zero attached hydrogens (tertiary/aromatic N) is 2. The van der Waals surface area contributed by atoms with Crippen molar-refractivity contribution in [2.75, 3.05) is 13.7 Å². The summed E-state index contributed by atoms with van der Waals surface area (Å²) in [5.41, 5.74) is 3.35. The Kier molecular flexibility index (Phi) is 7.60. The van der Waals surface area contributed by atoms with Crippen LogP contribution in [0.4, 0.5) is 0 Å². The Bertz CT molecular complexity index is 1330. The molecule has 34 heavy (non-hydrogen) atoms. The SMILES string of the molecule is C=C(C=O)COc1ccc2nc3c(cc2c1)Cn1c-3cc2c(c1=O)COC(=O)C2O.CC.CO.